The molecule has 3 heteroatoms. The van der Waals surface area contributed by atoms with Gasteiger partial charge >= 0.3 is 0 Å². The molecule has 0 fully saturated rings. The molecule has 0 aliphatic heterocycles. The van der Waals surface area contributed by atoms with Crippen LogP contribution < -0.4 is 0 Å². The minimum atomic E-state index is 0.208. The van der Waals surface area contributed by atoms with Gasteiger partial charge in [-0.1, -0.05) is 0 Å². The molecule has 0 saturated carbocycles. The SMILES string of the molecule is CC(C)N(Cc1nccs1)C(C)(C)C. The molecule has 0 unspecified atom stereocenters. The van der Waals surface area contributed by atoms with E-state index in [1.54, 1.807) is 11.3 Å². The highest BCUT2D eigenvalue weighted by molar-refractivity contribution is 7.09. The van der Waals surface area contributed by atoms with Crippen LogP contribution in [0.5, 0.6) is 0 Å². The second kappa shape index (κ2) is 4.41. The quantitative estimate of drug-likeness (QED) is 0.765. The Hall–Kier alpha value is -0.410. The molecular formula is C11H20N2S. The van der Waals surface area contributed by atoms with Crippen molar-refractivity contribution in [3.05, 3.63) is 16.6 Å². The van der Waals surface area contributed by atoms with E-state index in [4.69, 9.17) is 0 Å². The van der Waals surface area contributed by atoms with Crippen molar-refractivity contribution in [2.75, 3.05) is 0 Å². The molecule has 0 radical (unpaired) electrons. The van der Waals surface area contributed by atoms with Gasteiger partial charge in [-0.15, -0.1) is 11.3 Å². The monoisotopic (exact) mass is 212 g/mol. The maximum Gasteiger partial charge on any atom is 0.107 e. The minimum Gasteiger partial charge on any atom is -0.289 e. The molecular weight excluding hydrogens is 192 g/mol. The fourth-order valence-corrected chi connectivity index (χ4v) is 2.29. The Bertz CT molecular complexity index is 259. The van der Waals surface area contributed by atoms with Crippen LogP contribution >= 0.6 is 11.3 Å². The fraction of sp³-hybridized carbons (Fsp3) is 0.727. The molecule has 1 rings (SSSR count). The Morgan fingerprint density at radius 3 is 2.43 bits per heavy atom. The number of rotatable bonds is 3. The van der Waals surface area contributed by atoms with Crippen LogP contribution in [-0.2, 0) is 6.54 Å². The molecule has 0 atom stereocenters. The lowest BCUT2D eigenvalue weighted by atomic mass is 10.0. The molecule has 0 aliphatic carbocycles. The third kappa shape index (κ3) is 3.07. The summed E-state index contributed by atoms with van der Waals surface area (Å²) in [5, 5.41) is 3.24. The fourth-order valence-electron chi connectivity index (χ4n) is 1.67. The summed E-state index contributed by atoms with van der Waals surface area (Å²) < 4.78 is 0. The molecule has 1 heterocycles. The standard InChI is InChI=1S/C11H20N2S/c1-9(2)13(11(3,4)5)8-10-12-6-7-14-10/h6-7,9H,8H2,1-5H3. The molecule has 2 nitrogen and oxygen atoms in total. The topological polar surface area (TPSA) is 16.1 Å². The third-order valence-electron chi connectivity index (χ3n) is 2.27. The van der Waals surface area contributed by atoms with Gasteiger partial charge < -0.3 is 0 Å². The van der Waals surface area contributed by atoms with Gasteiger partial charge in [0.25, 0.3) is 0 Å². The first-order valence-corrected chi connectivity index (χ1v) is 5.94. The van der Waals surface area contributed by atoms with Crippen LogP contribution in [-0.4, -0.2) is 21.5 Å². The highest BCUT2D eigenvalue weighted by Crippen LogP contribution is 2.20. The van der Waals surface area contributed by atoms with E-state index in [-0.39, 0.29) is 5.54 Å². The summed E-state index contributed by atoms with van der Waals surface area (Å²) in [5.41, 5.74) is 0.208. The first-order chi connectivity index (χ1) is 6.41. The van der Waals surface area contributed by atoms with E-state index in [2.05, 4.69) is 44.5 Å². The summed E-state index contributed by atoms with van der Waals surface area (Å²) in [6, 6.07) is 0.555. The van der Waals surface area contributed by atoms with Crippen molar-refractivity contribution in [2.45, 2.75) is 52.7 Å². The maximum absolute atomic E-state index is 4.33. The largest absolute Gasteiger partial charge is 0.289 e. The normalized spacial score (nSPS) is 12.8. The van der Waals surface area contributed by atoms with Gasteiger partial charge in [0.2, 0.25) is 0 Å². The lowest BCUT2D eigenvalue weighted by molar-refractivity contribution is 0.0900. The number of aromatic nitrogens is 1. The number of thiazole rings is 1. The van der Waals surface area contributed by atoms with Crippen LogP contribution in [0, 0.1) is 0 Å². The van der Waals surface area contributed by atoms with Crippen LogP contribution in [0.15, 0.2) is 11.6 Å². The Kier molecular flexibility index (Phi) is 3.67. The van der Waals surface area contributed by atoms with Gasteiger partial charge in [-0.05, 0) is 34.6 Å². The van der Waals surface area contributed by atoms with Crippen molar-refractivity contribution in [3.63, 3.8) is 0 Å². The summed E-state index contributed by atoms with van der Waals surface area (Å²) in [7, 11) is 0. The summed E-state index contributed by atoms with van der Waals surface area (Å²) in [6.45, 7) is 12.2. The van der Waals surface area contributed by atoms with Crippen LogP contribution in [0.4, 0.5) is 0 Å². The summed E-state index contributed by atoms with van der Waals surface area (Å²) in [4.78, 5) is 6.79. The lowest BCUT2D eigenvalue weighted by Crippen LogP contribution is -2.45. The lowest BCUT2D eigenvalue weighted by Gasteiger charge is -2.38. The number of nitrogens with zero attached hydrogens (tertiary/aromatic N) is 2. The van der Waals surface area contributed by atoms with Gasteiger partial charge in [0.1, 0.15) is 5.01 Å². The highest BCUT2D eigenvalue weighted by atomic mass is 32.1. The summed E-state index contributed by atoms with van der Waals surface area (Å²) >= 11 is 1.73. The maximum atomic E-state index is 4.33. The Morgan fingerprint density at radius 1 is 1.43 bits per heavy atom. The van der Waals surface area contributed by atoms with Crippen molar-refractivity contribution in [1.82, 2.24) is 9.88 Å². The third-order valence-corrected chi connectivity index (χ3v) is 3.04. The van der Waals surface area contributed by atoms with Crippen LogP contribution in [0.3, 0.4) is 0 Å². The van der Waals surface area contributed by atoms with E-state index in [9.17, 15) is 0 Å². The van der Waals surface area contributed by atoms with E-state index < -0.39 is 0 Å². The van der Waals surface area contributed by atoms with E-state index in [1.165, 1.54) is 5.01 Å². The molecule has 14 heavy (non-hydrogen) atoms. The zero-order chi connectivity index (χ0) is 10.8. The Morgan fingerprint density at radius 2 is 2.07 bits per heavy atom. The van der Waals surface area contributed by atoms with E-state index in [0.29, 0.717) is 6.04 Å². The minimum absolute atomic E-state index is 0.208. The predicted molar refractivity (Wildman–Crippen MR) is 62.5 cm³/mol. The van der Waals surface area contributed by atoms with Crippen molar-refractivity contribution in [3.8, 4) is 0 Å². The van der Waals surface area contributed by atoms with Crippen molar-refractivity contribution in [1.29, 1.82) is 0 Å². The van der Waals surface area contributed by atoms with Crippen molar-refractivity contribution >= 4 is 11.3 Å². The van der Waals surface area contributed by atoms with Crippen LogP contribution in [0.25, 0.3) is 0 Å². The number of hydrogen-bond donors (Lipinski definition) is 0. The van der Waals surface area contributed by atoms with Gasteiger partial charge in [0.15, 0.2) is 0 Å². The smallest absolute Gasteiger partial charge is 0.107 e. The van der Waals surface area contributed by atoms with Crippen LogP contribution in [0.1, 0.15) is 39.6 Å². The van der Waals surface area contributed by atoms with Gasteiger partial charge in [-0.3, -0.25) is 4.90 Å². The highest BCUT2D eigenvalue weighted by Gasteiger charge is 2.24. The van der Waals surface area contributed by atoms with E-state index >= 15 is 0 Å². The first kappa shape index (κ1) is 11.7. The van der Waals surface area contributed by atoms with Crippen LogP contribution in [0.2, 0.25) is 0 Å². The molecule has 0 saturated heterocycles. The molecule has 1 aromatic rings. The molecule has 0 spiro atoms. The Labute approximate surface area is 91.0 Å². The van der Waals surface area contributed by atoms with Gasteiger partial charge in [-0.2, -0.15) is 0 Å². The van der Waals surface area contributed by atoms with Crippen molar-refractivity contribution < 1.29 is 0 Å². The van der Waals surface area contributed by atoms with E-state index in [1.807, 2.05) is 11.6 Å². The Balaban J connectivity index is 2.71. The van der Waals surface area contributed by atoms with Gasteiger partial charge in [0, 0.05) is 23.2 Å². The zero-order valence-electron chi connectivity index (χ0n) is 9.74. The van der Waals surface area contributed by atoms with Gasteiger partial charge in [0.05, 0.1) is 6.54 Å². The summed E-state index contributed by atoms with van der Waals surface area (Å²) in [6.07, 6.45) is 1.88. The molecule has 0 amide bonds. The van der Waals surface area contributed by atoms with Crippen molar-refractivity contribution in [2.24, 2.45) is 0 Å². The first-order valence-electron chi connectivity index (χ1n) is 5.06. The zero-order valence-corrected chi connectivity index (χ0v) is 10.6. The molecule has 0 N–H and O–H groups in total. The average Bonchev–Trinajstić information content (AvgIpc) is 2.48. The summed E-state index contributed by atoms with van der Waals surface area (Å²) in [5.74, 6) is 0. The molecule has 0 aromatic carbocycles. The second-order valence-electron chi connectivity index (χ2n) is 4.82. The molecule has 1 aromatic heterocycles. The predicted octanol–water partition coefficient (Wildman–Crippen LogP) is 3.15. The molecule has 80 valence electrons. The average molecular weight is 212 g/mol. The van der Waals surface area contributed by atoms with E-state index in [0.717, 1.165) is 6.54 Å². The van der Waals surface area contributed by atoms with Gasteiger partial charge in [-0.25, -0.2) is 4.98 Å². The molecule has 0 bridgehead atoms. The molecule has 0 aliphatic rings. The number of hydrogen-bond acceptors (Lipinski definition) is 3. The second-order valence-corrected chi connectivity index (χ2v) is 5.80.